The molecule has 0 radical (unpaired) electrons. The third kappa shape index (κ3) is 5.46. The number of thiophene rings is 1. The van der Waals surface area contributed by atoms with E-state index in [0.29, 0.717) is 0 Å². The first-order valence-electron chi connectivity index (χ1n) is 21.2. The minimum atomic E-state index is 0.0953. The molecule has 0 spiro atoms. The molecule has 0 saturated carbocycles. The van der Waals surface area contributed by atoms with Crippen LogP contribution in [0.3, 0.4) is 0 Å². The summed E-state index contributed by atoms with van der Waals surface area (Å²) < 4.78 is 2.74. The van der Waals surface area contributed by atoms with Gasteiger partial charge >= 0.3 is 0 Å². The van der Waals surface area contributed by atoms with Gasteiger partial charge < -0.3 is 0 Å². The highest BCUT2D eigenvalue weighted by atomic mass is 32.1. The summed E-state index contributed by atoms with van der Waals surface area (Å²) in [5.41, 5.74) is 14.0. The lowest BCUT2D eigenvalue weighted by atomic mass is 9.78. The molecule has 3 heteroatoms. The summed E-state index contributed by atoms with van der Waals surface area (Å²) in [5, 5.41) is 9.17. The van der Waals surface area contributed by atoms with Crippen molar-refractivity contribution >= 4 is 75.7 Å². The number of fused-ring (bicyclic) bond motifs is 14. The Kier molecular flexibility index (Phi) is 8.21. The Morgan fingerprint density at radius 1 is 0.750 bits per heavy atom. The molecule has 7 aromatic carbocycles. The average molecular weight is 787 g/mol. The number of nitrogens with zero attached hydrogens (tertiary/aromatic N) is 2. The van der Waals surface area contributed by atoms with Crippen LogP contribution in [-0.2, 0) is 6.42 Å². The van der Waals surface area contributed by atoms with Crippen molar-refractivity contribution < 1.29 is 0 Å². The fourth-order valence-electron chi connectivity index (χ4n) is 10.6. The lowest BCUT2D eigenvalue weighted by Gasteiger charge is -2.30. The van der Waals surface area contributed by atoms with E-state index >= 15 is 0 Å². The second kappa shape index (κ2) is 14.0. The minimum Gasteiger partial charge on any atom is -0.276 e. The molecule has 12 rings (SSSR count). The van der Waals surface area contributed by atoms with Crippen molar-refractivity contribution in [2.24, 2.45) is 4.99 Å². The SMILES string of the molecule is C=CCC(c1ccc2c3c(c4ccccc4c2c1)CC(c1ccc(C2=NC4C=CC=CC4c4c2ccc2c4sc4ccccc42)cc1)C=C3)c1ccc2cccnc2c1C. The highest BCUT2D eigenvalue weighted by Gasteiger charge is 2.32. The van der Waals surface area contributed by atoms with Crippen LogP contribution >= 0.6 is 11.3 Å². The first kappa shape index (κ1) is 35.3. The van der Waals surface area contributed by atoms with Gasteiger partial charge in [-0.15, -0.1) is 17.9 Å². The molecule has 2 aliphatic carbocycles. The Balaban J connectivity index is 0.904. The van der Waals surface area contributed by atoms with Gasteiger partial charge in [0.2, 0.25) is 0 Å². The summed E-state index contributed by atoms with van der Waals surface area (Å²) >= 11 is 1.92. The fraction of sp³-hybridized carbons (Fsp3) is 0.123. The molecule has 0 amide bonds. The Labute approximate surface area is 354 Å². The maximum atomic E-state index is 5.43. The van der Waals surface area contributed by atoms with Gasteiger partial charge in [0, 0.05) is 60.6 Å². The zero-order chi connectivity index (χ0) is 39.9. The van der Waals surface area contributed by atoms with Crippen LogP contribution in [0.2, 0.25) is 0 Å². The summed E-state index contributed by atoms with van der Waals surface area (Å²) in [7, 11) is 0. The van der Waals surface area contributed by atoms with Crippen LogP contribution in [0.25, 0.3) is 58.7 Å². The van der Waals surface area contributed by atoms with Crippen LogP contribution < -0.4 is 0 Å². The number of hydrogen-bond donors (Lipinski definition) is 0. The smallest absolute Gasteiger partial charge is 0.0794 e. The molecule has 1 aliphatic heterocycles. The standard InChI is InChI=1S/C57H42N2S/c1-3-11-41(40-26-23-36-12-10-31-58-55(36)34(40)2)39-25-28-45-44-27-24-38(32-50(44)42-13-4-5-14-43(42)51(45)33-39)35-19-21-37(22-20-35)56-49-30-29-47-46-15-7-9-18-53(46)60-57(47)54(49)48-16-6-8-17-52(48)59-56/h3-10,12-31,33,38,41,48,52H,1,11,32H2,2H3. The molecule has 0 bridgehead atoms. The van der Waals surface area contributed by atoms with Crippen molar-refractivity contribution in [1.29, 1.82) is 0 Å². The average Bonchev–Trinajstić information content (AvgIpc) is 3.70. The van der Waals surface area contributed by atoms with E-state index in [2.05, 4.69) is 177 Å². The third-order valence-electron chi connectivity index (χ3n) is 13.5. The van der Waals surface area contributed by atoms with Gasteiger partial charge in [-0.25, -0.2) is 0 Å². The Morgan fingerprint density at radius 3 is 2.45 bits per heavy atom. The molecule has 0 saturated heterocycles. The molecule has 0 fully saturated rings. The molecule has 2 aromatic heterocycles. The van der Waals surface area contributed by atoms with Crippen LogP contribution in [-0.4, -0.2) is 16.7 Å². The first-order chi connectivity index (χ1) is 29.6. The van der Waals surface area contributed by atoms with Gasteiger partial charge in [0.05, 0.1) is 17.3 Å². The van der Waals surface area contributed by atoms with E-state index in [1.54, 1.807) is 0 Å². The molecular formula is C57H42N2S. The number of aromatic nitrogens is 1. The maximum absolute atomic E-state index is 5.43. The molecule has 3 aliphatic rings. The zero-order valence-corrected chi connectivity index (χ0v) is 34.3. The summed E-state index contributed by atoms with van der Waals surface area (Å²) in [4.78, 5) is 10.2. The van der Waals surface area contributed by atoms with E-state index < -0.39 is 0 Å². The van der Waals surface area contributed by atoms with Gasteiger partial charge in [0.15, 0.2) is 0 Å². The lowest BCUT2D eigenvalue weighted by Crippen LogP contribution is -2.25. The van der Waals surface area contributed by atoms with Crippen molar-refractivity contribution in [1.82, 2.24) is 4.98 Å². The first-order valence-corrected chi connectivity index (χ1v) is 22.0. The highest BCUT2D eigenvalue weighted by Crippen LogP contribution is 2.46. The van der Waals surface area contributed by atoms with Gasteiger partial charge in [-0.1, -0.05) is 152 Å². The predicted octanol–water partition coefficient (Wildman–Crippen LogP) is 14.7. The molecule has 4 atom stereocenters. The summed E-state index contributed by atoms with van der Waals surface area (Å²) in [5.74, 6) is 0.718. The topological polar surface area (TPSA) is 25.2 Å². The number of allylic oxidation sites excluding steroid dienone is 4. The monoisotopic (exact) mass is 786 g/mol. The molecule has 0 N–H and O–H groups in total. The number of benzene rings is 7. The normalized spacial score (nSPS) is 18.5. The van der Waals surface area contributed by atoms with Crippen molar-refractivity contribution in [3.8, 4) is 0 Å². The molecule has 60 heavy (non-hydrogen) atoms. The molecule has 3 heterocycles. The Bertz CT molecular complexity index is 3380. The van der Waals surface area contributed by atoms with Gasteiger partial charge in [-0.2, -0.15) is 0 Å². The minimum absolute atomic E-state index is 0.0953. The van der Waals surface area contributed by atoms with Crippen LogP contribution in [0.5, 0.6) is 0 Å². The van der Waals surface area contributed by atoms with Gasteiger partial charge in [0.1, 0.15) is 0 Å². The summed E-state index contributed by atoms with van der Waals surface area (Å²) in [6, 6.07) is 47.8. The lowest BCUT2D eigenvalue weighted by molar-refractivity contribution is 0.708. The summed E-state index contributed by atoms with van der Waals surface area (Å²) in [6.45, 7) is 6.40. The summed E-state index contributed by atoms with van der Waals surface area (Å²) in [6.07, 6.45) is 19.6. The predicted molar refractivity (Wildman–Crippen MR) is 256 cm³/mol. The van der Waals surface area contributed by atoms with E-state index in [4.69, 9.17) is 9.98 Å². The van der Waals surface area contributed by atoms with Gasteiger partial charge in [0.25, 0.3) is 0 Å². The molecule has 4 unspecified atom stereocenters. The van der Waals surface area contributed by atoms with Gasteiger partial charge in [-0.05, 0) is 98.5 Å². The van der Waals surface area contributed by atoms with Crippen LogP contribution in [0, 0.1) is 6.92 Å². The van der Waals surface area contributed by atoms with Crippen molar-refractivity contribution in [3.63, 3.8) is 0 Å². The van der Waals surface area contributed by atoms with E-state index in [1.165, 1.54) is 97.2 Å². The van der Waals surface area contributed by atoms with Crippen LogP contribution in [0.1, 0.15) is 74.2 Å². The largest absolute Gasteiger partial charge is 0.276 e. The highest BCUT2D eigenvalue weighted by molar-refractivity contribution is 7.26. The zero-order valence-electron chi connectivity index (χ0n) is 33.5. The molecule has 2 nitrogen and oxygen atoms in total. The fourth-order valence-corrected chi connectivity index (χ4v) is 11.9. The number of aryl methyl sites for hydroxylation is 1. The Hall–Kier alpha value is -6.68. The number of pyridine rings is 1. The number of rotatable bonds is 6. The Morgan fingerprint density at radius 2 is 1.57 bits per heavy atom. The van der Waals surface area contributed by atoms with E-state index in [-0.39, 0.29) is 23.8 Å². The van der Waals surface area contributed by atoms with Crippen LogP contribution in [0.4, 0.5) is 0 Å². The second-order valence-corrected chi connectivity index (χ2v) is 17.8. The molecule has 9 aromatic rings. The number of hydrogen-bond acceptors (Lipinski definition) is 3. The maximum Gasteiger partial charge on any atom is 0.0794 e. The molecular weight excluding hydrogens is 745 g/mol. The quantitative estimate of drug-likeness (QED) is 0.122. The van der Waals surface area contributed by atoms with E-state index in [1.807, 2.05) is 23.6 Å². The van der Waals surface area contributed by atoms with Crippen molar-refractivity contribution in [3.05, 3.63) is 227 Å². The second-order valence-electron chi connectivity index (χ2n) is 16.7. The molecule has 286 valence electrons. The van der Waals surface area contributed by atoms with Crippen LogP contribution in [0.15, 0.2) is 182 Å². The van der Waals surface area contributed by atoms with E-state index in [0.717, 1.165) is 24.1 Å². The van der Waals surface area contributed by atoms with E-state index in [9.17, 15) is 0 Å². The van der Waals surface area contributed by atoms with Gasteiger partial charge in [-0.3, -0.25) is 9.98 Å². The number of aliphatic imine (C=N–C) groups is 1. The van der Waals surface area contributed by atoms with Crippen molar-refractivity contribution in [2.75, 3.05) is 0 Å². The van der Waals surface area contributed by atoms with Crippen molar-refractivity contribution in [2.45, 2.75) is 43.6 Å². The third-order valence-corrected chi connectivity index (χ3v) is 14.8.